The summed E-state index contributed by atoms with van der Waals surface area (Å²) in [5, 5.41) is 19.4. The standard InChI is InChI=1S/C12H12O5/c1-16-10-4-2-3-7-8(9(14)5-13)6-17-12(15)11(7)10/h2-4,6,9,13-14H,5H2,1H3. The molecule has 0 fully saturated rings. The molecule has 0 amide bonds. The Kier molecular flexibility index (Phi) is 3.12. The van der Waals surface area contributed by atoms with E-state index in [1.54, 1.807) is 18.2 Å². The monoisotopic (exact) mass is 236 g/mol. The summed E-state index contributed by atoms with van der Waals surface area (Å²) >= 11 is 0. The number of ether oxygens (including phenoxy) is 1. The number of hydrogen-bond donors (Lipinski definition) is 2. The second-order valence-corrected chi connectivity index (χ2v) is 3.56. The first-order chi connectivity index (χ1) is 8.19. The van der Waals surface area contributed by atoms with E-state index in [1.165, 1.54) is 7.11 Å². The number of benzene rings is 1. The Morgan fingerprint density at radius 2 is 2.24 bits per heavy atom. The van der Waals surface area contributed by atoms with Crippen LogP contribution in [0.15, 0.2) is 33.7 Å². The molecule has 1 atom stereocenters. The molecular formula is C12H12O5. The van der Waals surface area contributed by atoms with E-state index < -0.39 is 18.3 Å². The minimum atomic E-state index is -1.09. The molecule has 0 saturated carbocycles. The Morgan fingerprint density at radius 3 is 2.88 bits per heavy atom. The first kappa shape index (κ1) is 11.6. The molecule has 0 aliphatic rings. The Morgan fingerprint density at radius 1 is 1.47 bits per heavy atom. The SMILES string of the molecule is COc1cccc2c(C(O)CO)coc(=O)c12. The van der Waals surface area contributed by atoms with Gasteiger partial charge in [-0.25, -0.2) is 4.79 Å². The minimum Gasteiger partial charge on any atom is -0.496 e. The lowest BCUT2D eigenvalue weighted by molar-refractivity contribution is 0.0951. The minimum absolute atomic E-state index is 0.264. The first-order valence-corrected chi connectivity index (χ1v) is 5.06. The highest BCUT2D eigenvalue weighted by Crippen LogP contribution is 2.27. The van der Waals surface area contributed by atoms with E-state index in [-0.39, 0.29) is 5.39 Å². The van der Waals surface area contributed by atoms with E-state index in [2.05, 4.69) is 0 Å². The molecule has 5 heteroatoms. The van der Waals surface area contributed by atoms with E-state index in [9.17, 15) is 9.90 Å². The van der Waals surface area contributed by atoms with Crippen LogP contribution in [0.1, 0.15) is 11.7 Å². The number of fused-ring (bicyclic) bond motifs is 1. The summed E-state index contributed by atoms with van der Waals surface area (Å²) in [6.45, 7) is -0.444. The van der Waals surface area contributed by atoms with Crippen LogP contribution in [0.5, 0.6) is 5.75 Å². The maximum atomic E-state index is 11.6. The van der Waals surface area contributed by atoms with E-state index in [1.807, 2.05) is 0 Å². The van der Waals surface area contributed by atoms with Gasteiger partial charge in [-0.2, -0.15) is 0 Å². The summed E-state index contributed by atoms with van der Waals surface area (Å²) in [4.78, 5) is 11.6. The Labute approximate surface area is 96.9 Å². The van der Waals surface area contributed by atoms with Gasteiger partial charge in [-0.1, -0.05) is 12.1 Å². The largest absolute Gasteiger partial charge is 0.496 e. The van der Waals surface area contributed by atoms with Crippen molar-refractivity contribution in [3.63, 3.8) is 0 Å². The quantitative estimate of drug-likeness (QED) is 0.825. The molecule has 0 saturated heterocycles. The van der Waals surface area contributed by atoms with Crippen LogP contribution in [0.4, 0.5) is 0 Å². The van der Waals surface area contributed by atoms with Crippen LogP contribution in [0.3, 0.4) is 0 Å². The number of methoxy groups -OCH3 is 1. The van der Waals surface area contributed by atoms with Gasteiger partial charge in [0.25, 0.3) is 0 Å². The molecule has 0 aliphatic carbocycles. The van der Waals surface area contributed by atoms with Gasteiger partial charge >= 0.3 is 5.63 Å². The Hall–Kier alpha value is -1.85. The summed E-state index contributed by atoms with van der Waals surface area (Å²) < 4.78 is 9.90. The van der Waals surface area contributed by atoms with Gasteiger partial charge in [-0.05, 0) is 6.07 Å². The van der Waals surface area contributed by atoms with Gasteiger partial charge in [0.1, 0.15) is 23.5 Å². The molecule has 1 aromatic heterocycles. The Balaban J connectivity index is 2.82. The fourth-order valence-electron chi connectivity index (χ4n) is 1.75. The summed E-state index contributed by atoms with van der Waals surface area (Å²) in [5.41, 5.74) is -0.174. The fraction of sp³-hybridized carbons (Fsp3) is 0.250. The predicted molar refractivity (Wildman–Crippen MR) is 61.1 cm³/mol. The highest BCUT2D eigenvalue weighted by atomic mass is 16.5. The van der Waals surface area contributed by atoms with Crippen LogP contribution >= 0.6 is 0 Å². The van der Waals surface area contributed by atoms with Crippen LogP contribution in [-0.4, -0.2) is 23.9 Å². The van der Waals surface area contributed by atoms with Crippen molar-refractivity contribution in [3.8, 4) is 5.75 Å². The van der Waals surface area contributed by atoms with E-state index in [0.29, 0.717) is 16.7 Å². The second kappa shape index (κ2) is 4.57. The van der Waals surface area contributed by atoms with Gasteiger partial charge in [-0.15, -0.1) is 0 Å². The Bertz CT molecular complexity index is 587. The lowest BCUT2D eigenvalue weighted by atomic mass is 10.0. The van der Waals surface area contributed by atoms with Crippen LogP contribution in [-0.2, 0) is 0 Å². The summed E-state index contributed by atoms with van der Waals surface area (Å²) in [6.07, 6.45) is 0.0688. The molecule has 0 radical (unpaired) electrons. The third kappa shape index (κ3) is 1.90. The average Bonchev–Trinajstić information content (AvgIpc) is 2.37. The molecule has 0 spiro atoms. The topological polar surface area (TPSA) is 79.9 Å². The maximum absolute atomic E-state index is 11.6. The number of aliphatic hydroxyl groups is 2. The van der Waals surface area contributed by atoms with Gasteiger partial charge in [0.15, 0.2) is 0 Å². The normalized spacial score (nSPS) is 12.6. The maximum Gasteiger partial charge on any atom is 0.347 e. The third-order valence-electron chi connectivity index (χ3n) is 2.59. The van der Waals surface area contributed by atoms with Crippen molar-refractivity contribution in [2.24, 2.45) is 0 Å². The van der Waals surface area contributed by atoms with Crippen LogP contribution in [0.25, 0.3) is 10.8 Å². The first-order valence-electron chi connectivity index (χ1n) is 5.06. The van der Waals surface area contributed by atoms with Crippen molar-refractivity contribution >= 4 is 10.8 Å². The van der Waals surface area contributed by atoms with Crippen molar-refractivity contribution in [2.45, 2.75) is 6.10 Å². The third-order valence-corrected chi connectivity index (χ3v) is 2.59. The van der Waals surface area contributed by atoms with E-state index >= 15 is 0 Å². The van der Waals surface area contributed by atoms with Gasteiger partial charge < -0.3 is 19.4 Å². The van der Waals surface area contributed by atoms with Crippen LogP contribution in [0.2, 0.25) is 0 Å². The summed E-state index contributed by atoms with van der Waals surface area (Å²) in [5.74, 6) is 0.378. The zero-order valence-corrected chi connectivity index (χ0v) is 9.21. The average molecular weight is 236 g/mol. The van der Waals surface area contributed by atoms with E-state index in [4.69, 9.17) is 14.3 Å². The molecule has 2 rings (SSSR count). The molecule has 90 valence electrons. The zero-order chi connectivity index (χ0) is 12.4. The predicted octanol–water partition coefficient (Wildman–Crippen LogP) is 0.827. The summed E-state index contributed by atoms with van der Waals surface area (Å²) in [7, 11) is 1.45. The number of rotatable bonds is 3. The van der Waals surface area contributed by atoms with E-state index in [0.717, 1.165) is 6.26 Å². The molecule has 1 aromatic carbocycles. The van der Waals surface area contributed by atoms with Crippen LogP contribution < -0.4 is 10.4 Å². The lowest BCUT2D eigenvalue weighted by Gasteiger charge is -2.11. The van der Waals surface area contributed by atoms with Crippen molar-refractivity contribution in [1.29, 1.82) is 0 Å². The smallest absolute Gasteiger partial charge is 0.347 e. The highest BCUT2D eigenvalue weighted by Gasteiger charge is 2.15. The molecule has 2 N–H and O–H groups in total. The number of aliphatic hydroxyl groups excluding tert-OH is 2. The molecule has 5 nitrogen and oxygen atoms in total. The summed E-state index contributed by atoms with van der Waals surface area (Å²) in [6, 6.07) is 5.01. The molecular weight excluding hydrogens is 224 g/mol. The zero-order valence-electron chi connectivity index (χ0n) is 9.21. The number of hydrogen-bond acceptors (Lipinski definition) is 5. The highest BCUT2D eigenvalue weighted by molar-refractivity contribution is 5.89. The second-order valence-electron chi connectivity index (χ2n) is 3.56. The molecule has 17 heavy (non-hydrogen) atoms. The lowest BCUT2D eigenvalue weighted by Crippen LogP contribution is -2.08. The van der Waals surface area contributed by atoms with Gasteiger partial charge in [-0.3, -0.25) is 0 Å². The molecule has 1 unspecified atom stereocenters. The van der Waals surface area contributed by atoms with Crippen molar-refractivity contribution in [1.82, 2.24) is 0 Å². The fourth-order valence-corrected chi connectivity index (χ4v) is 1.75. The molecule has 1 heterocycles. The van der Waals surface area contributed by atoms with Crippen molar-refractivity contribution < 1.29 is 19.4 Å². The van der Waals surface area contributed by atoms with Gasteiger partial charge in [0.2, 0.25) is 0 Å². The van der Waals surface area contributed by atoms with Gasteiger partial charge in [0, 0.05) is 10.9 Å². The van der Waals surface area contributed by atoms with Crippen LogP contribution in [0, 0.1) is 0 Å². The molecule has 2 aromatic rings. The van der Waals surface area contributed by atoms with Gasteiger partial charge in [0.05, 0.1) is 13.7 Å². The van der Waals surface area contributed by atoms with Crippen molar-refractivity contribution in [3.05, 3.63) is 40.4 Å². The van der Waals surface area contributed by atoms with Crippen molar-refractivity contribution in [2.75, 3.05) is 13.7 Å². The molecule has 0 bridgehead atoms. The molecule has 0 aliphatic heterocycles.